The average Bonchev–Trinajstić information content (AvgIpc) is 3.73. The van der Waals surface area contributed by atoms with E-state index < -0.39 is 77.0 Å². The summed E-state index contributed by atoms with van der Waals surface area (Å²) in [6.45, 7) is -5.82. The Hall–Kier alpha value is -2.81. The summed E-state index contributed by atoms with van der Waals surface area (Å²) in [7, 11) is -5.05. The number of imidazole rings is 2. The maximum atomic E-state index is 15.9. The van der Waals surface area contributed by atoms with Crippen LogP contribution in [0.15, 0.2) is 31.2 Å². The summed E-state index contributed by atoms with van der Waals surface area (Å²) >= 11 is 4.04. The Kier molecular flexibility index (Phi) is 7.41. The largest absolute Gasteiger partial charge is 0.472 e. The van der Waals surface area contributed by atoms with Crippen LogP contribution in [0.25, 0.3) is 22.3 Å². The summed E-state index contributed by atoms with van der Waals surface area (Å²) in [5.74, 6) is 0.0619. The topological polar surface area (TPSA) is 256 Å². The van der Waals surface area contributed by atoms with Crippen molar-refractivity contribution in [3.8, 4) is 0 Å². The molecule has 10 atom stereocenters. The first-order valence-corrected chi connectivity index (χ1v) is 17.1. The SMILES string of the molecule is Nc1ccnc2c1ncn2[C@@H]1O[C@@H]2CO[P@@](=O)(S)O[C@H]3C(O)[C@@H](COP(=O)(O)OC2[C@@H]1F)O[C@H]3n1cnc2c(N)ncnc21. The van der Waals surface area contributed by atoms with Gasteiger partial charge < -0.3 is 30.9 Å². The van der Waals surface area contributed by atoms with Crippen molar-refractivity contribution in [2.75, 3.05) is 24.7 Å². The quantitative estimate of drug-likeness (QED) is 0.146. The lowest BCUT2D eigenvalue weighted by Gasteiger charge is -2.26. The van der Waals surface area contributed by atoms with Crippen LogP contribution in [-0.4, -0.2) is 94.0 Å². The van der Waals surface area contributed by atoms with Crippen LogP contribution in [0, 0.1) is 0 Å². The van der Waals surface area contributed by atoms with Crippen LogP contribution in [0.4, 0.5) is 15.9 Å². The molecule has 3 saturated heterocycles. The molecule has 0 spiro atoms. The zero-order valence-corrected chi connectivity index (χ0v) is 24.8. The first-order valence-electron chi connectivity index (χ1n) is 12.9. The fraction of sp³-hybridized carbons (Fsp3) is 0.476. The van der Waals surface area contributed by atoms with E-state index in [1.165, 1.54) is 40.4 Å². The van der Waals surface area contributed by atoms with E-state index in [0.717, 1.165) is 0 Å². The Bertz CT molecular complexity index is 1830. The number of hydrogen-bond donors (Lipinski definition) is 5. The predicted octanol–water partition coefficient (Wildman–Crippen LogP) is 0.885. The van der Waals surface area contributed by atoms with Crippen LogP contribution in [0.5, 0.6) is 0 Å². The zero-order valence-electron chi connectivity index (χ0n) is 22.1. The van der Waals surface area contributed by atoms with Gasteiger partial charge in [0.15, 0.2) is 35.7 Å². The number of phosphoric ester groups is 1. The normalized spacial score (nSPS) is 38.3. The van der Waals surface area contributed by atoms with Crippen LogP contribution in [0.2, 0.25) is 0 Å². The fourth-order valence-electron chi connectivity index (χ4n) is 5.27. The van der Waals surface area contributed by atoms with Gasteiger partial charge in [-0.1, -0.05) is 12.2 Å². The first-order chi connectivity index (χ1) is 20.9. The Morgan fingerprint density at radius 3 is 2.39 bits per heavy atom. The number of fused-ring (bicyclic) bond motifs is 5. The van der Waals surface area contributed by atoms with Crippen molar-refractivity contribution < 1.29 is 51.1 Å². The third kappa shape index (κ3) is 5.17. The fourth-order valence-corrected chi connectivity index (χ4v) is 7.69. The Balaban J connectivity index is 1.20. The molecule has 4 aromatic heterocycles. The van der Waals surface area contributed by atoms with Gasteiger partial charge in [0, 0.05) is 6.20 Å². The van der Waals surface area contributed by atoms with E-state index in [0.29, 0.717) is 0 Å². The highest BCUT2D eigenvalue weighted by Crippen LogP contribution is 2.58. The number of nitrogens with two attached hydrogens (primary N) is 2. The highest BCUT2D eigenvalue weighted by Gasteiger charge is 2.54. The van der Waals surface area contributed by atoms with E-state index in [-0.39, 0.29) is 33.8 Å². The molecule has 3 unspecified atom stereocenters. The van der Waals surface area contributed by atoms with Crippen molar-refractivity contribution in [1.82, 2.24) is 34.1 Å². The van der Waals surface area contributed by atoms with Gasteiger partial charge in [0.2, 0.25) is 0 Å². The van der Waals surface area contributed by atoms with E-state index in [1.807, 2.05) is 0 Å². The molecule has 7 heterocycles. The molecule has 236 valence electrons. The number of nitrogen functional groups attached to an aromatic ring is 2. The molecule has 19 nitrogen and oxygen atoms in total. The highest BCUT2D eigenvalue weighted by atomic mass is 32.7. The zero-order chi connectivity index (χ0) is 31.0. The standard InChI is InChI=1S/C21H24FN9O10P2S/c22-11-15-10(39-20(11)30-6-28-12-8(23)1-2-25-18(12)30)4-37-43(35,44)41-16-14(32)9(3-36-42(33,34)40-15)38-21(16)31-7-29-13-17(24)26-5-27-19(13)31/h1-2,5-7,9-11,14-16,20-21,32H,3-4H2,(H2,23,25)(H,33,34)(H,35,44)(H2,24,26,27)/t9-,10-,11+,14?,15?,16+,20-,21-,43-/m1/s1. The molecule has 0 saturated carbocycles. The lowest BCUT2D eigenvalue weighted by Crippen LogP contribution is -2.35. The van der Waals surface area contributed by atoms with Gasteiger partial charge in [-0.25, -0.2) is 38.4 Å². The molecule has 0 aliphatic carbocycles. The minimum Gasteiger partial charge on any atom is -0.397 e. The number of thiol groups is 1. The van der Waals surface area contributed by atoms with Gasteiger partial charge in [0.25, 0.3) is 0 Å². The van der Waals surface area contributed by atoms with Gasteiger partial charge in [0.05, 0.1) is 31.6 Å². The Morgan fingerprint density at radius 1 is 0.909 bits per heavy atom. The maximum absolute atomic E-state index is 15.9. The molecule has 3 fully saturated rings. The number of aliphatic hydroxyl groups excluding tert-OH is 1. The molecule has 0 aromatic carbocycles. The van der Waals surface area contributed by atoms with Crippen molar-refractivity contribution in [2.24, 2.45) is 0 Å². The van der Waals surface area contributed by atoms with E-state index in [1.54, 1.807) is 0 Å². The van der Waals surface area contributed by atoms with Crippen LogP contribution in [-0.2, 0) is 36.7 Å². The monoisotopic (exact) mass is 675 g/mol. The number of ether oxygens (including phenoxy) is 2. The minimum atomic E-state index is -5.05. The van der Waals surface area contributed by atoms with Crippen LogP contribution >= 0.6 is 26.9 Å². The number of rotatable bonds is 2. The third-order valence-corrected chi connectivity index (χ3v) is 9.92. The summed E-state index contributed by atoms with van der Waals surface area (Å²) in [5, 5.41) is 11.1. The van der Waals surface area contributed by atoms with Gasteiger partial charge in [-0.15, -0.1) is 0 Å². The summed E-state index contributed by atoms with van der Waals surface area (Å²) in [5.41, 5.74) is 12.9. The summed E-state index contributed by atoms with van der Waals surface area (Å²) in [4.78, 5) is 31.0. The number of nitrogens with zero attached hydrogens (tertiary/aromatic N) is 7. The molecule has 3 aliphatic rings. The second kappa shape index (κ2) is 10.9. The molecule has 4 aromatic rings. The van der Waals surface area contributed by atoms with Gasteiger partial charge in [-0.3, -0.25) is 27.2 Å². The van der Waals surface area contributed by atoms with Crippen LogP contribution in [0.3, 0.4) is 0 Å². The van der Waals surface area contributed by atoms with Gasteiger partial charge in [-0.05, 0) is 6.07 Å². The second-order valence-corrected chi connectivity index (χ2v) is 14.3. The highest BCUT2D eigenvalue weighted by molar-refractivity contribution is 8.44. The number of alkyl halides is 1. The molecule has 44 heavy (non-hydrogen) atoms. The van der Waals surface area contributed by atoms with E-state index >= 15 is 4.39 Å². The number of anilines is 2. The molecule has 23 heteroatoms. The second-order valence-electron chi connectivity index (χ2n) is 10.0. The van der Waals surface area contributed by atoms with Crippen LogP contribution < -0.4 is 11.5 Å². The van der Waals surface area contributed by atoms with Crippen molar-refractivity contribution in [3.63, 3.8) is 0 Å². The average molecular weight is 675 g/mol. The number of aliphatic hydroxyl groups is 1. The molecule has 0 amide bonds. The van der Waals surface area contributed by atoms with E-state index in [2.05, 4.69) is 37.2 Å². The van der Waals surface area contributed by atoms with Gasteiger partial charge in [-0.2, -0.15) is 0 Å². The predicted molar refractivity (Wildman–Crippen MR) is 148 cm³/mol. The maximum Gasteiger partial charge on any atom is 0.472 e. The summed E-state index contributed by atoms with van der Waals surface area (Å²) in [6, 6.07) is 1.51. The number of pyridine rings is 1. The molecular formula is C21H24FN9O10P2S. The Morgan fingerprint density at radius 2 is 1.59 bits per heavy atom. The molecule has 2 bridgehead atoms. The third-order valence-electron chi connectivity index (χ3n) is 7.32. The molecule has 7 rings (SSSR count). The van der Waals surface area contributed by atoms with E-state index in [9.17, 15) is 19.1 Å². The van der Waals surface area contributed by atoms with Gasteiger partial charge in [0.1, 0.15) is 47.9 Å². The summed E-state index contributed by atoms with van der Waals surface area (Å²) in [6.07, 6.45) is -7.40. The van der Waals surface area contributed by atoms with Crippen molar-refractivity contribution >= 4 is 60.7 Å². The summed E-state index contributed by atoms with van der Waals surface area (Å²) < 4.78 is 78.1. The number of aromatic nitrogens is 7. The molecule has 0 radical (unpaired) electrons. The number of hydrogen-bond acceptors (Lipinski definition) is 16. The van der Waals surface area contributed by atoms with Crippen molar-refractivity contribution in [1.29, 1.82) is 0 Å². The van der Waals surface area contributed by atoms with Crippen LogP contribution in [0.1, 0.15) is 12.5 Å². The lowest BCUT2D eigenvalue weighted by atomic mass is 10.1. The molecule has 6 N–H and O–H groups in total. The van der Waals surface area contributed by atoms with Crippen molar-refractivity contribution in [3.05, 3.63) is 31.2 Å². The molecule has 3 aliphatic heterocycles. The number of phosphoric acid groups is 1. The first kappa shape index (κ1) is 29.9. The molecular weight excluding hydrogens is 651 g/mol. The lowest BCUT2D eigenvalue weighted by molar-refractivity contribution is -0.0619. The number of halogens is 1. The Labute approximate surface area is 250 Å². The van der Waals surface area contributed by atoms with Crippen molar-refractivity contribution in [2.45, 2.75) is 49.1 Å². The van der Waals surface area contributed by atoms with Gasteiger partial charge >= 0.3 is 14.6 Å². The van der Waals surface area contributed by atoms with E-state index in [4.69, 9.17) is 39.0 Å². The smallest absolute Gasteiger partial charge is 0.397 e. The minimum absolute atomic E-state index is 0.0619.